The molecule has 3 rings (SSSR count). The van der Waals surface area contributed by atoms with Crippen LogP contribution in [-0.2, 0) is 20.8 Å². The van der Waals surface area contributed by atoms with Gasteiger partial charge in [-0.05, 0) is 49.9 Å². The Bertz CT molecular complexity index is 822. The Morgan fingerprint density at radius 3 is 2.67 bits per heavy atom. The minimum Gasteiger partial charge on any atom is -0.325 e. The van der Waals surface area contributed by atoms with Crippen LogP contribution >= 0.6 is 0 Å². The topological polar surface area (TPSA) is 98.8 Å². The number of benzene rings is 1. The minimum atomic E-state index is -0.959. The van der Waals surface area contributed by atoms with Gasteiger partial charge >= 0.3 is 6.03 Å². The Balaban J connectivity index is 1.69. The number of nitrogens with zero attached hydrogens (tertiary/aromatic N) is 2. The first-order valence-corrected chi connectivity index (χ1v) is 9.10. The van der Waals surface area contributed by atoms with Crippen LogP contribution in [-0.4, -0.2) is 47.3 Å². The van der Waals surface area contributed by atoms with Gasteiger partial charge in [0.25, 0.3) is 5.91 Å². The van der Waals surface area contributed by atoms with E-state index < -0.39 is 23.4 Å². The Labute approximate surface area is 157 Å². The highest BCUT2D eigenvalue weighted by molar-refractivity contribution is 6.10. The molecule has 5 amide bonds. The van der Waals surface area contributed by atoms with Crippen LogP contribution in [0.5, 0.6) is 0 Å². The van der Waals surface area contributed by atoms with E-state index in [-0.39, 0.29) is 12.5 Å². The first kappa shape index (κ1) is 18.9. The van der Waals surface area contributed by atoms with Gasteiger partial charge in [0.15, 0.2) is 0 Å². The summed E-state index contributed by atoms with van der Waals surface area (Å²) in [6, 6.07) is 4.82. The molecule has 1 aromatic rings. The molecule has 1 saturated heterocycles. The fourth-order valence-corrected chi connectivity index (χ4v) is 3.48. The number of aryl methyl sites for hydroxylation is 1. The molecule has 2 heterocycles. The normalized spacial score (nSPS) is 21.7. The minimum absolute atomic E-state index is 0.00901. The van der Waals surface area contributed by atoms with Crippen molar-refractivity contribution >= 4 is 35.1 Å². The van der Waals surface area contributed by atoms with Gasteiger partial charge in [-0.1, -0.05) is 6.92 Å². The van der Waals surface area contributed by atoms with E-state index in [0.717, 1.165) is 29.0 Å². The predicted molar refractivity (Wildman–Crippen MR) is 100 cm³/mol. The zero-order valence-electron chi connectivity index (χ0n) is 15.8. The van der Waals surface area contributed by atoms with Crippen LogP contribution in [0.2, 0.25) is 0 Å². The maximum atomic E-state index is 12.4. The zero-order valence-corrected chi connectivity index (χ0v) is 15.8. The fraction of sp³-hybridized carbons (Fsp3) is 0.474. The molecular weight excluding hydrogens is 348 g/mol. The van der Waals surface area contributed by atoms with Crippen molar-refractivity contribution in [3.8, 4) is 0 Å². The number of carbonyl (C=O) groups excluding carboxylic acids is 4. The number of anilines is 2. The van der Waals surface area contributed by atoms with Gasteiger partial charge in [-0.15, -0.1) is 0 Å². The molecule has 0 saturated carbocycles. The number of carbonyl (C=O) groups is 4. The third-order valence-electron chi connectivity index (χ3n) is 5.22. The molecule has 1 atom stereocenters. The van der Waals surface area contributed by atoms with Crippen molar-refractivity contribution in [2.24, 2.45) is 0 Å². The van der Waals surface area contributed by atoms with Crippen LogP contribution in [0.3, 0.4) is 0 Å². The van der Waals surface area contributed by atoms with Crippen LogP contribution < -0.4 is 15.5 Å². The van der Waals surface area contributed by atoms with Crippen molar-refractivity contribution in [3.63, 3.8) is 0 Å². The number of nitrogens with one attached hydrogen (secondary N) is 2. The lowest BCUT2D eigenvalue weighted by Gasteiger charge is -2.29. The molecule has 8 heteroatoms. The molecule has 2 aliphatic heterocycles. The van der Waals surface area contributed by atoms with Crippen molar-refractivity contribution in [1.29, 1.82) is 0 Å². The molecule has 1 unspecified atom stereocenters. The first-order chi connectivity index (χ1) is 12.7. The van der Waals surface area contributed by atoms with Crippen LogP contribution in [0.15, 0.2) is 18.2 Å². The highest BCUT2D eigenvalue weighted by atomic mass is 16.2. The lowest BCUT2D eigenvalue weighted by molar-refractivity contribution is -0.133. The SMILES string of the molecule is CCC1(C)NC(=O)N(CC(=O)Nc2ccc3c(c2)CCCN3C(C)=O)C1=O. The number of hydrogen-bond acceptors (Lipinski definition) is 4. The van der Waals surface area contributed by atoms with E-state index >= 15 is 0 Å². The van der Waals surface area contributed by atoms with Crippen LogP contribution in [0, 0.1) is 0 Å². The summed E-state index contributed by atoms with van der Waals surface area (Å²) in [6.07, 6.45) is 2.14. The Morgan fingerprint density at radius 2 is 2.04 bits per heavy atom. The summed E-state index contributed by atoms with van der Waals surface area (Å²) >= 11 is 0. The van der Waals surface area contributed by atoms with Gasteiger partial charge in [-0.25, -0.2) is 4.79 Å². The molecule has 1 aromatic carbocycles. The van der Waals surface area contributed by atoms with Crippen LogP contribution in [0.25, 0.3) is 0 Å². The smallest absolute Gasteiger partial charge is 0.325 e. The standard InChI is InChI=1S/C19H24N4O4/c1-4-19(3)17(26)23(18(27)21-19)11-16(25)20-14-7-8-15-13(10-14)6-5-9-22(15)12(2)24/h7-8,10H,4-6,9,11H2,1-3H3,(H,20,25)(H,21,27). The number of fused-ring (bicyclic) bond motifs is 1. The van der Waals surface area contributed by atoms with Gasteiger partial charge < -0.3 is 15.5 Å². The lowest BCUT2D eigenvalue weighted by Crippen LogP contribution is -2.44. The third kappa shape index (κ3) is 3.51. The summed E-state index contributed by atoms with van der Waals surface area (Å²) in [5.41, 5.74) is 1.47. The first-order valence-electron chi connectivity index (χ1n) is 9.10. The van der Waals surface area contributed by atoms with E-state index in [2.05, 4.69) is 10.6 Å². The van der Waals surface area contributed by atoms with Crippen molar-refractivity contribution in [3.05, 3.63) is 23.8 Å². The maximum absolute atomic E-state index is 12.4. The highest BCUT2D eigenvalue weighted by Crippen LogP contribution is 2.30. The van der Waals surface area contributed by atoms with Crippen LogP contribution in [0.4, 0.5) is 16.2 Å². The Morgan fingerprint density at radius 1 is 1.30 bits per heavy atom. The van der Waals surface area contributed by atoms with Gasteiger partial charge in [0.05, 0.1) is 0 Å². The molecule has 0 aromatic heterocycles. The predicted octanol–water partition coefficient (Wildman–Crippen LogP) is 1.64. The Hall–Kier alpha value is -2.90. The van der Waals surface area contributed by atoms with Crippen molar-refractivity contribution in [1.82, 2.24) is 10.2 Å². The molecule has 2 N–H and O–H groups in total. The summed E-state index contributed by atoms with van der Waals surface area (Å²) < 4.78 is 0. The summed E-state index contributed by atoms with van der Waals surface area (Å²) in [6.45, 7) is 5.34. The molecule has 0 spiro atoms. The largest absolute Gasteiger partial charge is 0.325 e. The third-order valence-corrected chi connectivity index (χ3v) is 5.22. The van der Waals surface area contributed by atoms with Crippen molar-refractivity contribution in [2.45, 2.75) is 45.6 Å². The summed E-state index contributed by atoms with van der Waals surface area (Å²) in [7, 11) is 0. The number of amides is 5. The summed E-state index contributed by atoms with van der Waals surface area (Å²) in [5, 5.41) is 5.36. The van der Waals surface area contributed by atoms with Gasteiger partial charge in [-0.2, -0.15) is 0 Å². The van der Waals surface area contributed by atoms with E-state index in [9.17, 15) is 19.2 Å². The Kier molecular flexibility index (Phi) is 4.91. The number of imide groups is 1. The van der Waals surface area contributed by atoms with E-state index in [4.69, 9.17) is 0 Å². The quantitative estimate of drug-likeness (QED) is 0.785. The molecule has 0 aliphatic carbocycles. The van der Waals surface area contributed by atoms with Crippen molar-refractivity contribution < 1.29 is 19.2 Å². The average molecular weight is 372 g/mol. The maximum Gasteiger partial charge on any atom is 0.325 e. The van der Waals surface area contributed by atoms with E-state index in [0.29, 0.717) is 18.7 Å². The molecule has 0 radical (unpaired) electrons. The lowest BCUT2D eigenvalue weighted by atomic mass is 9.99. The molecule has 27 heavy (non-hydrogen) atoms. The molecule has 144 valence electrons. The molecular formula is C19H24N4O4. The second kappa shape index (κ2) is 7.02. The summed E-state index contributed by atoms with van der Waals surface area (Å²) in [4.78, 5) is 51.1. The van der Waals surface area contributed by atoms with E-state index in [1.165, 1.54) is 6.92 Å². The van der Waals surface area contributed by atoms with Gasteiger partial charge in [-0.3, -0.25) is 19.3 Å². The van der Waals surface area contributed by atoms with E-state index in [1.807, 2.05) is 12.1 Å². The second-order valence-electron chi connectivity index (χ2n) is 7.17. The van der Waals surface area contributed by atoms with E-state index in [1.54, 1.807) is 24.8 Å². The average Bonchev–Trinajstić information content (AvgIpc) is 2.84. The van der Waals surface area contributed by atoms with Crippen molar-refractivity contribution in [2.75, 3.05) is 23.3 Å². The number of rotatable bonds is 4. The van der Waals surface area contributed by atoms with Gasteiger partial charge in [0, 0.05) is 24.8 Å². The van der Waals surface area contributed by atoms with Gasteiger partial charge in [0.1, 0.15) is 12.1 Å². The second-order valence-corrected chi connectivity index (χ2v) is 7.17. The van der Waals surface area contributed by atoms with Gasteiger partial charge in [0.2, 0.25) is 11.8 Å². The zero-order chi connectivity index (χ0) is 19.8. The molecule has 1 fully saturated rings. The molecule has 0 bridgehead atoms. The number of hydrogen-bond donors (Lipinski definition) is 2. The molecule has 8 nitrogen and oxygen atoms in total. The molecule has 2 aliphatic rings. The number of urea groups is 1. The summed E-state index contributed by atoms with van der Waals surface area (Å²) in [5.74, 6) is -0.851. The van der Waals surface area contributed by atoms with Crippen LogP contribution in [0.1, 0.15) is 39.2 Å². The highest BCUT2D eigenvalue weighted by Gasteiger charge is 2.46. The fourth-order valence-electron chi connectivity index (χ4n) is 3.48. The monoisotopic (exact) mass is 372 g/mol.